The minimum atomic E-state index is -0.527. The zero-order valence-electron chi connectivity index (χ0n) is 27.3. The van der Waals surface area contributed by atoms with Gasteiger partial charge in [0.1, 0.15) is 6.04 Å². The summed E-state index contributed by atoms with van der Waals surface area (Å²) in [5.41, 5.74) is 5.36. The van der Waals surface area contributed by atoms with Crippen LogP contribution in [0.2, 0.25) is 0 Å². The quantitative estimate of drug-likeness (QED) is 0.0322. The second-order valence-electron chi connectivity index (χ2n) is 12.1. The molecule has 2 amide bonds. The first-order valence-corrected chi connectivity index (χ1v) is 17.7. The lowest BCUT2D eigenvalue weighted by Crippen LogP contribution is -2.47. The van der Waals surface area contributed by atoms with Gasteiger partial charge in [-0.05, 0) is 25.7 Å². The number of nitrogens with two attached hydrogens (primary N) is 1. The smallest absolute Gasteiger partial charge is 0.242 e. The molecule has 7 heteroatoms. The number of hydrogen-bond donors (Lipinski definition) is 5. The number of unbranched alkanes of at least 4 members (excludes halogenated alkanes) is 21. The van der Waals surface area contributed by atoms with Gasteiger partial charge in [-0.3, -0.25) is 15.0 Å². The molecule has 1 unspecified atom stereocenters. The molecule has 0 aliphatic carbocycles. The topological polar surface area (TPSA) is 120 Å². The van der Waals surface area contributed by atoms with Crippen molar-refractivity contribution in [3.63, 3.8) is 0 Å². The van der Waals surface area contributed by atoms with E-state index in [0.29, 0.717) is 32.4 Å². The van der Waals surface area contributed by atoms with E-state index in [4.69, 9.17) is 11.1 Å². The van der Waals surface area contributed by atoms with Crippen molar-refractivity contribution in [2.45, 2.75) is 187 Å². The first kappa shape index (κ1) is 39.2. The molecule has 0 aliphatic heterocycles. The third-order valence-electron chi connectivity index (χ3n) is 7.97. The SMILES string of the molecule is CCCCCCCCCCCCCCCC(=O)NC(CCCNC(=N)N)C(=O)NCCCCCCCCCCCC. The summed E-state index contributed by atoms with van der Waals surface area (Å²) < 4.78 is 0. The minimum absolute atomic E-state index is 0.0355. The van der Waals surface area contributed by atoms with Gasteiger partial charge in [0, 0.05) is 19.5 Å². The Morgan fingerprint density at radius 3 is 1.39 bits per heavy atom. The van der Waals surface area contributed by atoms with Crippen LogP contribution in [-0.4, -0.2) is 36.9 Å². The van der Waals surface area contributed by atoms with Crippen LogP contribution in [0.3, 0.4) is 0 Å². The third-order valence-corrected chi connectivity index (χ3v) is 7.97. The fourth-order valence-electron chi connectivity index (χ4n) is 5.32. The second kappa shape index (κ2) is 31.2. The molecule has 1 atom stereocenters. The molecule has 0 bridgehead atoms. The highest BCUT2D eigenvalue weighted by Crippen LogP contribution is 2.13. The summed E-state index contributed by atoms with van der Waals surface area (Å²) >= 11 is 0. The van der Waals surface area contributed by atoms with E-state index in [1.165, 1.54) is 122 Å². The zero-order chi connectivity index (χ0) is 30.2. The van der Waals surface area contributed by atoms with Crippen LogP contribution in [0.4, 0.5) is 0 Å². The lowest BCUT2D eigenvalue weighted by atomic mass is 10.0. The Kier molecular flexibility index (Phi) is 29.8. The molecule has 0 aromatic heterocycles. The van der Waals surface area contributed by atoms with Crippen molar-refractivity contribution in [3.05, 3.63) is 0 Å². The number of guanidine groups is 1. The predicted octanol–water partition coefficient (Wildman–Crippen LogP) is 8.25. The number of nitrogens with one attached hydrogen (secondary N) is 4. The maximum Gasteiger partial charge on any atom is 0.242 e. The Morgan fingerprint density at radius 1 is 0.561 bits per heavy atom. The van der Waals surface area contributed by atoms with Gasteiger partial charge in [-0.1, -0.05) is 149 Å². The van der Waals surface area contributed by atoms with Gasteiger partial charge in [0.15, 0.2) is 5.96 Å². The van der Waals surface area contributed by atoms with E-state index >= 15 is 0 Å². The molecule has 0 spiro atoms. The molecule has 0 aliphatic rings. The first-order chi connectivity index (χ1) is 20.0. The van der Waals surface area contributed by atoms with Crippen molar-refractivity contribution in [2.75, 3.05) is 13.1 Å². The first-order valence-electron chi connectivity index (χ1n) is 17.7. The Morgan fingerprint density at radius 2 is 0.951 bits per heavy atom. The second-order valence-corrected chi connectivity index (χ2v) is 12.1. The highest BCUT2D eigenvalue weighted by atomic mass is 16.2. The van der Waals surface area contributed by atoms with Gasteiger partial charge >= 0.3 is 0 Å². The van der Waals surface area contributed by atoms with E-state index in [9.17, 15) is 9.59 Å². The van der Waals surface area contributed by atoms with E-state index in [1.807, 2.05) is 0 Å². The predicted molar refractivity (Wildman–Crippen MR) is 176 cm³/mol. The number of rotatable bonds is 31. The van der Waals surface area contributed by atoms with E-state index in [2.05, 4.69) is 29.8 Å². The van der Waals surface area contributed by atoms with E-state index in [1.54, 1.807) is 0 Å². The summed E-state index contributed by atoms with van der Waals surface area (Å²) in [5, 5.41) is 16.1. The molecule has 0 aromatic rings. The van der Waals surface area contributed by atoms with E-state index in [0.717, 1.165) is 25.7 Å². The number of hydrogen-bond acceptors (Lipinski definition) is 3. The van der Waals surface area contributed by atoms with Gasteiger partial charge in [-0.15, -0.1) is 0 Å². The molecule has 0 heterocycles. The molecule has 41 heavy (non-hydrogen) atoms. The van der Waals surface area contributed by atoms with E-state index < -0.39 is 6.04 Å². The summed E-state index contributed by atoms with van der Waals surface area (Å²) in [6, 6.07) is -0.527. The Labute approximate surface area is 254 Å². The number of carbonyl (C=O) groups is 2. The molecule has 0 fully saturated rings. The van der Waals surface area contributed by atoms with Crippen molar-refractivity contribution >= 4 is 17.8 Å². The molecular weight excluding hydrogens is 510 g/mol. The van der Waals surface area contributed by atoms with Crippen LogP contribution in [0, 0.1) is 5.41 Å². The normalized spacial score (nSPS) is 11.8. The van der Waals surface area contributed by atoms with Crippen molar-refractivity contribution in [1.82, 2.24) is 16.0 Å². The van der Waals surface area contributed by atoms with Gasteiger partial charge < -0.3 is 21.7 Å². The fraction of sp³-hybridized carbons (Fsp3) is 0.912. The molecule has 6 N–H and O–H groups in total. The van der Waals surface area contributed by atoms with Crippen LogP contribution in [0.15, 0.2) is 0 Å². The average Bonchev–Trinajstić information content (AvgIpc) is 2.95. The molecule has 0 saturated carbocycles. The summed E-state index contributed by atoms with van der Waals surface area (Å²) in [6.45, 7) is 5.70. The van der Waals surface area contributed by atoms with Crippen LogP contribution in [0.1, 0.15) is 181 Å². The summed E-state index contributed by atoms with van der Waals surface area (Å²) in [5.74, 6) is -0.201. The zero-order valence-corrected chi connectivity index (χ0v) is 27.3. The monoisotopic (exact) mass is 580 g/mol. The minimum Gasteiger partial charge on any atom is -0.370 e. The molecular formula is C34H69N5O2. The number of carbonyl (C=O) groups excluding carboxylic acids is 2. The summed E-state index contributed by atoms with van der Waals surface area (Å²) in [4.78, 5) is 25.4. The Bertz CT molecular complexity index is 614. The lowest BCUT2D eigenvalue weighted by molar-refractivity contribution is -0.129. The number of amides is 2. The fourth-order valence-corrected chi connectivity index (χ4v) is 5.32. The van der Waals surface area contributed by atoms with Crippen molar-refractivity contribution in [2.24, 2.45) is 5.73 Å². The maximum absolute atomic E-state index is 12.8. The highest BCUT2D eigenvalue weighted by Gasteiger charge is 2.20. The molecule has 7 nitrogen and oxygen atoms in total. The van der Waals surface area contributed by atoms with Crippen molar-refractivity contribution < 1.29 is 9.59 Å². The molecule has 0 radical (unpaired) electrons. The van der Waals surface area contributed by atoms with Crippen LogP contribution >= 0.6 is 0 Å². The Hall–Kier alpha value is -1.79. The van der Waals surface area contributed by atoms with Gasteiger partial charge in [-0.2, -0.15) is 0 Å². The average molecular weight is 580 g/mol. The van der Waals surface area contributed by atoms with Crippen LogP contribution in [-0.2, 0) is 9.59 Å². The van der Waals surface area contributed by atoms with Gasteiger partial charge in [-0.25, -0.2) is 0 Å². The van der Waals surface area contributed by atoms with Gasteiger partial charge in [0.2, 0.25) is 11.8 Å². The van der Waals surface area contributed by atoms with Crippen LogP contribution in [0.5, 0.6) is 0 Å². The van der Waals surface area contributed by atoms with Crippen LogP contribution < -0.4 is 21.7 Å². The maximum atomic E-state index is 12.8. The largest absolute Gasteiger partial charge is 0.370 e. The summed E-state index contributed by atoms with van der Waals surface area (Å²) in [7, 11) is 0. The lowest BCUT2D eigenvalue weighted by Gasteiger charge is -2.19. The molecule has 242 valence electrons. The van der Waals surface area contributed by atoms with Gasteiger partial charge in [0.25, 0.3) is 0 Å². The van der Waals surface area contributed by atoms with Crippen molar-refractivity contribution in [1.29, 1.82) is 5.41 Å². The van der Waals surface area contributed by atoms with Crippen molar-refractivity contribution in [3.8, 4) is 0 Å². The summed E-state index contributed by atoms with van der Waals surface area (Å²) in [6.07, 6.45) is 31.0. The molecule has 0 saturated heterocycles. The van der Waals surface area contributed by atoms with Gasteiger partial charge in [0.05, 0.1) is 0 Å². The van der Waals surface area contributed by atoms with Crippen LogP contribution in [0.25, 0.3) is 0 Å². The van der Waals surface area contributed by atoms with E-state index in [-0.39, 0.29) is 17.8 Å². The highest BCUT2D eigenvalue weighted by molar-refractivity contribution is 5.87. The Balaban J connectivity index is 4.04. The molecule has 0 rings (SSSR count). The standard InChI is InChI=1S/C34H69N5O2/c1-3-5-7-9-11-13-15-16-17-18-20-22-24-28-32(40)39-31(27-26-30-38-34(35)36)33(41)37-29-25-23-21-19-14-12-10-8-6-4-2/h31H,3-30H2,1-2H3,(H,37,41)(H,39,40)(H4,35,36,38). The molecule has 0 aromatic carbocycles. The third kappa shape index (κ3) is 29.5.